The molecule has 0 aliphatic carbocycles. The van der Waals surface area contributed by atoms with Gasteiger partial charge in [0.2, 0.25) is 0 Å². The highest BCUT2D eigenvalue weighted by atomic mass is 35.5. The summed E-state index contributed by atoms with van der Waals surface area (Å²) >= 11 is 5.97. The summed E-state index contributed by atoms with van der Waals surface area (Å²) in [6.07, 6.45) is 1.31. The molecule has 20 heavy (non-hydrogen) atoms. The Hall–Kier alpha value is -2.47. The Balaban J connectivity index is 2.33. The third-order valence-corrected chi connectivity index (χ3v) is 3.10. The summed E-state index contributed by atoms with van der Waals surface area (Å²) in [6, 6.07) is 7.31. The molecule has 3 aromatic rings. The first-order valence-corrected chi connectivity index (χ1v) is 5.98. The minimum absolute atomic E-state index is 0.0279. The lowest BCUT2D eigenvalue weighted by Crippen LogP contribution is -2.01. The Kier molecular flexibility index (Phi) is 2.87. The standard InChI is InChI=1S/C13H7ClFN3O2/c14-9-5-7(13(19)20)6-18-11(16-17-12(9)18)8-3-1-2-4-10(8)15/h1-6H,(H,19,20). The predicted molar refractivity (Wildman–Crippen MR) is 70.4 cm³/mol. The second kappa shape index (κ2) is 4.57. The van der Waals surface area contributed by atoms with E-state index in [-0.39, 0.29) is 27.6 Å². The van der Waals surface area contributed by atoms with Gasteiger partial charge >= 0.3 is 5.97 Å². The van der Waals surface area contributed by atoms with Gasteiger partial charge in [0.05, 0.1) is 16.1 Å². The number of pyridine rings is 1. The number of nitrogens with zero attached hydrogens (tertiary/aromatic N) is 3. The van der Waals surface area contributed by atoms with Gasteiger partial charge in [0, 0.05) is 6.20 Å². The van der Waals surface area contributed by atoms with E-state index in [9.17, 15) is 9.18 Å². The second-order valence-electron chi connectivity index (χ2n) is 4.08. The first-order chi connectivity index (χ1) is 9.58. The quantitative estimate of drug-likeness (QED) is 0.788. The van der Waals surface area contributed by atoms with Crippen molar-refractivity contribution >= 4 is 23.2 Å². The summed E-state index contributed by atoms with van der Waals surface area (Å²) in [5, 5.41) is 16.9. The Bertz CT molecular complexity index is 832. The highest BCUT2D eigenvalue weighted by Gasteiger charge is 2.16. The van der Waals surface area contributed by atoms with E-state index in [4.69, 9.17) is 16.7 Å². The van der Waals surface area contributed by atoms with Crippen molar-refractivity contribution in [3.05, 3.63) is 52.9 Å². The third-order valence-electron chi connectivity index (χ3n) is 2.82. The summed E-state index contributed by atoms with van der Waals surface area (Å²) in [6.45, 7) is 0. The zero-order chi connectivity index (χ0) is 14.3. The maximum atomic E-state index is 13.8. The predicted octanol–water partition coefficient (Wildman–Crippen LogP) is 2.89. The number of aromatic nitrogens is 3. The van der Waals surface area contributed by atoms with Crippen molar-refractivity contribution in [2.75, 3.05) is 0 Å². The SMILES string of the molecule is O=C(O)c1cc(Cl)c2nnc(-c3ccccc3F)n2c1. The molecule has 2 aromatic heterocycles. The zero-order valence-electron chi connectivity index (χ0n) is 9.92. The molecule has 2 heterocycles. The highest BCUT2D eigenvalue weighted by Crippen LogP contribution is 2.25. The molecule has 100 valence electrons. The molecule has 0 atom stereocenters. The minimum Gasteiger partial charge on any atom is -0.478 e. The molecule has 0 aliphatic heterocycles. The van der Waals surface area contributed by atoms with Crippen LogP contribution in [0.1, 0.15) is 10.4 Å². The number of benzene rings is 1. The van der Waals surface area contributed by atoms with Gasteiger partial charge in [0.25, 0.3) is 0 Å². The van der Waals surface area contributed by atoms with E-state index < -0.39 is 11.8 Å². The van der Waals surface area contributed by atoms with Crippen LogP contribution in [0, 0.1) is 5.82 Å². The fourth-order valence-electron chi connectivity index (χ4n) is 1.90. The van der Waals surface area contributed by atoms with Gasteiger partial charge in [-0.3, -0.25) is 4.40 Å². The van der Waals surface area contributed by atoms with Gasteiger partial charge in [-0.05, 0) is 18.2 Å². The molecule has 1 aromatic carbocycles. The van der Waals surface area contributed by atoms with Gasteiger partial charge in [-0.15, -0.1) is 10.2 Å². The van der Waals surface area contributed by atoms with Crippen molar-refractivity contribution in [3.63, 3.8) is 0 Å². The van der Waals surface area contributed by atoms with Crippen molar-refractivity contribution < 1.29 is 14.3 Å². The summed E-state index contributed by atoms with van der Waals surface area (Å²) in [4.78, 5) is 11.0. The molecule has 7 heteroatoms. The maximum Gasteiger partial charge on any atom is 0.337 e. The molecule has 1 N–H and O–H groups in total. The number of carboxylic acid groups (broad SMARTS) is 1. The monoisotopic (exact) mass is 291 g/mol. The van der Waals surface area contributed by atoms with Crippen LogP contribution in [0.15, 0.2) is 36.5 Å². The number of fused-ring (bicyclic) bond motifs is 1. The Morgan fingerprint density at radius 1 is 1.30 bits per heavy atom. The van der Waals surface area contributed by atoms with Crippen LogP contribution in [0.25, 0.3) is 17.0 Å². The molecule has 0 saturated heterocycles. The van der Waals surface area contributed by atoms with Crippen molar-refractivity contribution in [3.8, 4) is 11.4 Å². The van der Waals surface area contributed by atoms with E-state index in [0.29, 0.717) is 0 Å². The third kappa shape index (κ3) is 1.90. The van der Waals surface area contributed by atoms with E-state index in [1.807, 2.05) is 0 Å². The summed E-state index contributed by atoms with van der Waals surface area (Å²) in [5.41, 5.74) is 0.466. The molecule has 5 nitrogen and oxygen atoms in total. The molecule has 0 fully saturated rings. The molecule has 0 saturated carbocycles. The first-order valence-electron chi connectivity index (χ1n) is 5.60. The van der Waals surface area contributed by atoms with Crippen LogP contribution in [0.3, 0.4) is 0 Å². The van der Waals surface area contributed by atoms with Gasteiger partial charge in [-0.2, -0.15) is 0 Å². The lowest BCUT2D eigenvalue weighted by Gasteiger charge is -2.03. The molecule has 0 radical (unpaired) electrons. The van der Waals surface area contributed by atoms with E-state index in [1.165, 1.54) is 28.8 Å². The zero-order valence-corrected chi connectivity index (χ0v) is 10.7. The summed E-state index contributed by atoms with van der Waals surface area (Å²) < 4.78 is 15.2. The van der Waals surface area contributed by atoms with Crippen LogP contribution in [-0.2, 0) is 0 Å². The molecule has 3 rings (SSSR count). The molecular formula is C13H7ClFN3O2. The van der Waals surface area contributed by atoms with Crippen LogP contribution in [-0.4, -0.2) is 25.7 Å². The molecule has 0 bridgehead atoms. The van der Waals surface area contributed by atoms with Crippen LogP contribution >= 0.6 is 11.6 Å². The smallest absolute Gasteiger partial charge is 0.337 e. The first kappa shape index (κ1) is 12.6. The molecule has 0 spiro atoms. The number of carbonyl (C=O) groups is 1. The van der Waals surface area contributed by atoms with Crippen LogP contribution in [0.4, 0.5) is 4.39 Å². The lowest BCUT2D eigenvalue weighted by molar-refractivity contribution is 0.0696. The van der Waals surface area contributed by atoms with E-state index in [0.717, 1.165) is 0 Å². The normalized spacial score (nSPS) is 10.9. The van der Waals surface area contributed by atoms with E-state index in [2.05, 4.69) is 10.2 Å². The van der Waals surface area contributed by atoms with Gasteiger partial charge in [0.1, 0.15) is 5.82 Å². The average Bonchev–Trinajstić information content (AvgIpc) is 2.83. The highest BCUT2D eigenvalue weighted by molar-refractivity contribution is 6.33. The van der Waals surface area contributed by atoms with Crippen molar-refractivity contribution in [1.29, 1.82) is 0 Å². The number of halogens is 2. The summed E-state index contributed by atoms with van der Waals surface area (Å²) in [5.74, 6) is -1.41. The van der Waals surface area contributed by atoms with Gasteiger partial charge in [0.15, 0.2) is 11.5 Å². The lowest BCUT2D eigenvalue weighted by atomic mass is 10.2. The molecule has 0 unspecified atom stereocenters. The largest absolute Gasteiger partial charge is 0.478 e. The maximum absolute atomic E-state index is 13.8. The Morgan fingerprint density at radius 3 is 2.75 bits per heavy atom. The number of hydrogen-bond acceptors (Lipinski definition) is 3. The van der Waals surface area contributed by atoms with Gasteiger partial charge in [-0.25, -0.2) is 9.18 Å². The van der Waals surface area contributed by atoms with E-state index in [1.54, 1.807) is 12.1 Å². The number of carboxylic acids is 1. The Labute approximate surface area is 117 Å². The van der Waals surface area contributed by atoms with Crippen molar-refractivity contribution in [2.24, 2.45) is 0 Å². The second-order valence-corrected chi connectivity index (χ2v) is 4.49. The Morgan fingerprint density at radius 2 is 2.05 bits per heavy atom. The van der Waals surface area contributed by atoms with E-state index >= 15 is 0 Å². The topological polar surface area (TPSA) is 67.5 Å². The fraction of sp³-hybridized carbons (Fsp3) is 0. The molecule has 0 amide bonds. The molecule has 0 aliphatic rings. The van der Waals surface area contributed by atoms with Crippen molar-refractivity contribution in [2.45, 2.75) is 0 Å². The number of rotatable bonds is 2. The molecular weight excluding hydrogens is 285 g/mol. The summed E-state index contributed by atoms with van der Waals surface area (Å²) in [7, 11) is 0. The van der Waals surface area contributed by atoms with Crippen LogP contribution in [0.5, 0.6) is 0 Å². The van der Waals surface area contributed by atoms with Crippen LogP contribution < -0.4 is 0 Å². The van der Waals surface area contributed by atoms with Crippen molar-refractivity contribution in [1.82, 2.24) is 14.6 Å². The minimum atomic E-state index is -1.14. The van der Waals surface area contributed by atoms with Gasteiger partial charge in [-0.1, -0.05) is 23.7 Å². The number of aromatic carboxylic acids is 1. The fourth-order valence-corrected chi connectivity index (χ4v) is 2.14. The van der Waals surface area contributed by atoms with Crippen LogP contribution in [0.2, 0.25) is 5.02 Å². The average molecular weight is 292 g/mol. The van der Waals surface area contributed by atoms with Gasteiger partial charge < -0.3 is 5.11 Å². The number of hydrogen-bond donors (Lipinski definition) is 1.